The van der Waals surface area contributed by atoms with Gasteiger partial charge in [-0.1, -0.05) is 32.3 Å². The molecule has 40 heavy (non-hydrogen) atoms. The molecule has 0 saturated carbocycles. The lowest BCUT2D eigenvalue weighted by atomic mass is 9.78. The Kier molecular flexibility index (Phi) is 11.3. The Morgan fingerprint density at radius 2 is 0.925 bits per heavy atom. The molecule has 0 N–H and O–H groups in total. The molecule has 0 aliphatic carbocycles. The first-order valence-electron chi connectivity index (χ1n) is 15.4. The zero-order valence-corrected chi connectivity index (χ0v) is 27.3. The summed E-state index contributed by atoms with van der Waals surface area (Å²) in [7, 11) is 0. The van der Waals surface area contributed by atoms with Crippen LogP contribution in [0.3, 0.4) is 0 Å². The van der Waals surface area contributed by atoms with Gasteiger partial charge in [0.15, 0.2) is 0 Å². The first-order chi connectivity index (χ1) is 18.3. The third-order valence-electron chi connectivity index (χ3n) is 8.68. The number of amides is 2. The summed E-state index contributed by atoms with van der Waals surface area (Å²) in [6.45, 7) is 24.1. The van der Waals surface area contributed by atoms with Crippen LogP contribution >= 0.6 is 0 Å². The Balaban J connectivity index is 1.60. The van der Waals surface area contributed by atoms with E-state index in [1.807, 2.05) is 9.80 Å². The highest BCUT2D eigenvalue weighted by atomic mass is 16.5. The first-order valence-corrected chi connectivity index (χ1v) is 15.4. The van der Waals surface area contributed by atoms with E-state index < -0.39 is 0 Å². The van der Waals surface area contributed by atoms with E-state index in [0.29, 0.717) is 19.3 Å². The summed E-state index contributed by atoms with van der Waals surface area (Å²) in [6.07, 6.45) is 10.5. The van der Waals surface area contributed by atoms with Gasteiger partial charge in [-0.05, 0) is 68.2 Å². The Morgan fingerprint density at radius 3 is 1.30 bits per heavy atom. The summed E-state index contributed by atoms with van der Waals surface area (Å²) in [5.41, 5.74) is -1.17. The molecule has 2 aliphatic heterocycles. The van der Waals surface area contributed by atoms with Gasteiger partial charge in [-0.15, -0.1) is 0 Å². The van der Waals surface area contributed by atoms with Crippen LogP contribution in [0.4, 0.5) is 0 Å². The third-order valence-corrected chi connectivity index (χ3v) is 8.68. The number of unbranched alkanes of at least 4 members (excludes halogenated alkanes) is 5. The standard InChI is InChI=1S/C33H58N2O5/c1-24(39-27-20-30(4,5)34(25(2)36)31(6,7)21-27)18-16-14-12-13-15-17-19-29(38)40-28-22-32(8,9)35(26(3)37)33(10,11)23-28/h27-28H,1,12-23H2,2-11H3. The lowest BCUT2D eigenvalue weighted by molar-refractivity contribution is -0.166. The molecule has 0 aromatic heterocycles. The molecular formula is C33H58N2O5. The SMILES string of the molecule is C=C(CCCCCCCCC(=O)OC1CC(C)(C)N(C(C)=O)C(C)(C)C1)OC1CC(C)(C)N(C(C)=O)C(C)(C)C1. The number of rotatable bonds is 12. The van der Waals surface area contributed by atoms with Gasteiger partial charge in [0.05, 0.1) is 5.76 Å². The van der Waals surface area contributed by atoms with E-state index in [4.69, 9.17) is 9.47 Å². The number of allylic oxidation sites excluding steroid dienone is 1. The molecular weight excluding hydrogens is 504 g/mol. The van der Waals surface area contributed by atoms with E-state index in [0.717, 1.165) is 63.5 Å². The zero-order valence-electron chi connectivity index (χ0n) is 27.3. The highest BCUT2D eigenvalue weighted by Gasteiger charge is 2.48. The van der Waals surface area contributed by atoms with Crippen molar-refractivity contribution >= 4 is 17.8 Å². The van der Waals surface area contributed by atoms with Gasteiger partial charge in [-0.3, -0.25) is 14.4 Å². The van der Waals surface area contributed by atoms with Gasteiger partial charge in [-0.2, -0.15) is 0 Å². The second-order valence-corrected chi connectivity index (χ2v) is 14.8. The van der Waals surface area contributed by atoms with Gasteiger partial charge in [0.2, 0.25) is 11.8 Å². The molecule has 230 valence electrons. The van der Waals surface area contributed by atoms with Gasteiger partial charge in [0.1, 0.15) is 12.2 Å². The van der Waals surface area contributed by atoms with Crippen LogP contribution in [0.25, 0.3) is 0 Å². The minimum atomic E-state index is -0.338. The van der Waals surface area contributed by atoms with Crippen LogP contribution < -0.4 is 0 Å². The maximum atomic E-state index is 12.5. The first kappa shape index (κ1) is 34.2. The van der Waals surface area contributed by atoms with Crippen molar-refractivity contribution in [3.05, 3.63) is 12.3 Å². The second-order valence-electron chi connectivity index (χ2n) is 14.8. The van der Waals surface area contributed by atoms with E-state index in [9.17, 15) is 14.4 Å². The molecule has 7 heteroatoms. The van der Waals surface area contributed by atoms with Crippen LogP contribution in [0.15, 0.2) is 12.3 Å². The second kappa shape index (κ2) is 13.3. The van der Waals surface area contributed by atoms with E-state index in [2.05, 4.69) is 62.0 Å². The Morgan fingerprint density at radius 1 is 0.600 bits per heavy atom. The minimum Gasteiger partial charge on any atom is -0.495 e. The maximum absolute atomic E-state index is 12.5. The molecule has 0 unspecified atom stereocenters. The van der Waals surface area contributed by atoms with E-state index >= 15 is 0 Å². The third kappa shape index (κ3) is 9.24. The van der Waals surface area contributed by atoms with Gasteiger partial charge in [-0.25, -0.2) is 0 Å². The van der Waals surface area contributed by atoms with Crippen molar-refractivity contribution in [2.24, 2.45) is 0 Å². The predicted molar refractivity (Wildman–Crippen MR) is 161 cm³/mol. The van der Waals surface area contributed by atoms with Crippen molar-refractivity contribution in [1.29, 1.82) is 0 Å². The largest absolute Gasteiger partial charge is 0.495 e. The zero-order chi connectivity index (χ0) is 30.5. The highest BCUT2D eigenvalue weighted by molar-refractivity contribution is 5.76. The van der Waals surface area contributed by atoms with E-state index in [-0.39, 0.29) is 52.1 Å². The molecule has 0 atom stereocenters. The number of hydrogen-bond acceptors (Lipinski definition) is 5. The molecule has 0 aromatic rings. The molecule has 2 amide bonds. The Bertz CT molecular complexity index is 810. The fourth-order valence-electron chi connectivity index (χ4n) is 8.09. The molecule has 7 nitrogen and oxygen atoms in total. The van der Waals surface area contributed by atoms with E-state index in [1.54, 1.807) is 13.8 Å². The maximum Gasteiger partial charge on any atom is 0.306 e. The molecule has 2 fully saturated rings. The normalized spacial score (nSPS) is 22.1. The fourth-order valence-corrected chi connectivity index (χ4v) is 8.09. The van der Waals surface area contributed by atoms with Crippen LogP contribution in [0.5, 0.6) is 0 Å². The average Bonchev–Trinajstić information content (AvgIpc) is 2.70. The quantitative estimate of drug-likeness (QED) is 0.142. The average molecular weight is 563 g/mol. The number of ether oxygens (including phenoxy) is 2. The summed E-state index contributed by atoms with van der Waals surface area (Å²) < 4.78 is 12.1. The summed E-state index contributed by atoms with van der Waals surface area (Å²) in [5.74, 6) is 0.901. The van der Waals surface area contributed by atoms with Crippen LogP contribution in [-0.4, -0.2) is 61.9 Å². The van der Waals surface area contributed by atoms with Crippen molar-refractivity contribution in [2.75, 3.05) is 0 Å². The van der Waals surface area contributed by atoms with Gasteiger partial charge >= 0.3 is 5.97 Å². The smallest absolute Gasteiger partial charge is 0.306 e. The molecule has 2 saturated heterocycles. The number of carbonyl (C=O) groups is 3. The monoisotopic (exact) mass is 562 g/mol. The van der Waals surface area contributed by atoms with Crippen molar-refractivity contribution < 1.29 is 23.9 Å². The molecule has 0 radical (unpaired) electrons. The van der Waals surface area contributed by atoms with Gasteiger partial charge < -0.3 is 19.3 Å². The van der Waals surface area contributed by atoms with Crippen LogP contribution in [-0.2, 0) is 23.9 Å². The van der Waals surface area contributed by atoms with Crippen LogP contribution in [0.1, 0.15) is 146 Å². The van der Waals surface area contributed by atoms with Crippen molar-refractivity contribution in [1.82, 2.24) is 9.80 Å². The summed E-state index contributed by atoms with van der Waals surface area (Å²) in [6, 6.07) is 0. The number of nitrogens with zero attached hydrogens (tertiary/aromatic N) is 2. The summed E-state index contributed by atoms with van der Waals surface area (Å²) >= 11 is 0. The Hall–Kier alpha value is -2.05. The van der Waals surface area contributed by atoms with E-state index in [1.165, 1.54) is 0 Å². The van der Waals surface area contributed by atoms with Gasteiger partial charge in [0.25, 0.3) is 0 Å². The highest BCUT2D eigenvalue weighted by Crippen LogP contribution is 2.41. The Labute approximate surface area is 244 Å². The fraction of sp³-hybridized carbons (Fsp3) is 0.848. The topological polar surface area (TPSA) is 76.2 Å². The lowest BCUT2D eigenvalue weighted by Gasteiger charge is -2.54. The molecule has 0 spiro atoms. The molecule has 2 heterocycles. The van der Waals surface area contributed by atoms with Crippen molar-refractivity contribution in [3.8, 4) is 0 Å². The minimum absolute atomic E-state index is 0.0659. The van der Waals surface area contributed by atoms with Crippen molar-refractivity contribution in [2.45, 2.75) is 181 Å². The number of esters is 1. The lowest BCUT2D eigenvalue weighted by Crippen LogP contribution is -2.63. The number of piperidine rings is 2. The van der Waals surface area contributed by atoms with Gasteiger partial charge in [0, 0.05) is 74.5 Å². The van der Waals surface area contributed by atoms with Crippen LogP contribution in [0, 0.1) is 0 Å². The molecule has 2 rings (SSSR count). The number of carbonyl (C=O) groups excluding carboxylic acids is 3. The molecule has 2 aliphatic rings. The predicted octanol–water partition coefficient (Wildman–Crippen LogP) is 7.32. The molecule has 0 bridgehead atoms. The number of likely N-dealkylation sites (tertiary alicyclic amines) is 2. The molecule has 0 aromatic carbocycles. The van der Waals surface area contributed by atoms with Crippen LogP contribution in [0.2, 0.25) is 0 Å². The number of hydrogen-bond donors (Lipinski definition) is 0. The van der Waals surface area contributed by atoms with Crippen molar-refractivity contribution in [3.63, 3.8) is 0 Å². The summed E-state index contributed by atoms with van der Waals surface area (Å²) in [4.78, 5) is 40.9. The summed E-state index contributed by atoms with van der Waals surface area (Å²) in [5, 5.41) is 0.